The maximum absolute atomic E-state index is 14.7. The van der Waals surface area contributed by atoms with Crippen LogP contribution in [0.25, 0.3) is 0 Å². The van der Waals surface area contributed by atoms with Gasteiger partial charge in [-0.15, -0.1) is 0 Å². The lowest BCUT2D eigenvalue weighted by atomic mass is 9.68. The van der Waals surface area contributed by atoms with Gasteiger partial charge in [0.05, 0.1) is 6.10 Å². The summed E-state index contributed by atoms with van der Waals surface area (Å²) >= 11 is 0. The van der Waals surface area contributed by atoms with Gasteiger partial charge in [0, 0.05) is 19.1 Å². The van der Waals surface area contributed by atoms with Crippen LogP contribution < -0.4 is 0 Å². The number of hydrogen-bond acceptors (Lipinski definition) is 2. The minimum atomic E-state index is -0.927. The molecule has 0 bridgehead atoms. The van der Waals surface area contributed by atoms with E-state index in [1.54, 1.807) is 0 Å². The minimum Gasteiger partial charge on any atom is -0.380 e. The first kappa shape index (κ1) is 22.4. The summed E-state index contributed by atoms with van der Waals surface area (Å²) in [6.45, 7) is 7.70. The van der Waals surface area contributed by atoms with Gasteiger partial charge in [0.1, 0.15) is 13.3 Å². The van der Waals surface area contributed by atoms with Crippen LogP contribution in [0.15, 0.2) is 91.0 Å². The van der Waals surface area contributed by atoms with Crippen LogP contribution in [0.2, 0.25) is 0 Å². The molecule has 2 atom stereocenters. The molecule has 3 aromatic rings. The molecule has 0 aromatic heterocycles. The van der Waals surface area contributed by atoms with E-state index in [1.165, 1.54) is 0 Å². The van der Waals surface area contributed by atoms with Crippen molar-refractivity contribution < 1.29 is 9.53 Å². The number of rotatable bonds is 4. The highest BCUT2D eigenvalue weighted by molar-refractivity contribution is 6.11. The summed E-state index contributed by atoms with van der Waals surface area (Å²) in [5.74, 6) is 0.102. The zero-order valence-corrected chi connectivity index (χ0v) is 19.5. The second-order valence-corrected chi connectivity index (χ2v) is 9.86. The molecule has 4 rings (SSSR count). The Morgan fingerprint density at radius 2 is 1.19 bits per heavy atom. The Balaban J connectivity index is 1.92. The third-order valence-corrected chi connectivity index (χ3v) is 6.45. The average molecular weight is 425 g/mol. The molecule has 0 aliphatic carbocycles. The van der Waals surface area contributed by atoms with Gasteiger partial charge in [-0.1, -0.05) is 112 Å². The van der Waals surface area contributed by atoms with Crippen LogP contribution in [0.3, 0.4) is 0 Å². The van der Waals surface area contributed by atoms with Crippen molar-refractivity contribution in [1.82, 2.24) is 4.90 Å². The molecule has 1 saturated heterocycles. The summed E-state index contributed by atoms with van der Waals surface area (Å²) in [6, 6.07) is 30.5. The van der Waals surface area contributed by atoms with Gasteiger partial charge in [-0.25, -0.2) is 0 Å². The number of amides is 1. The Kier molecular flexibility index (Phi) is 6.25. The smallest absolute Gasteiger partial charge is 0.242 e. The van der Waals surface area contributed by atoms with Crippen LogP contribution in [0.1, 0.15) is 37.5 Å². The first-order valence-corrected chi connectivity index (χ1v) is 11.4. The SMILES string of the molecule is BC1CN(C(=O)C(c2ccccc2)(c2ccccc2)c2ccccc2)CC(C(C)(C)C)O1. The molecule has 0 radical (unpaired) electrons. The average Bonchev–Trinajstić information content (AvgIpc) is 2.81. The lowest BCUT2D eigenvalue weighted by molar-refractivity contribution is -0.150. The van der Waals surface area contributed by atoms with E-state index in [0.29, 0.717) is 13.1 Å². The molecule has 3 nitrogen and oxygen atoms in total. The van der Waals surface area contributed by atoms with Gasteiger partial charge in [-0.2, -0.15) is 0 Å². The molecular formula is C28H32BNO2. The summed E-state index contributed by atoms with van der Waals surface area (Å²) in [6.07, 6.45) is -0.0183. The quantitative estimate of drug-likeness (QED) is 0.462. The fourth-order valence-electron chi connectivity index (χ4n) is 4.77. The predicted octanol–water partition coefficient (Wildman–Crippen LogP) is 4.25. The van der Waals surface area contributed by atoms with Crippen LogP contribution in [0, 0.1) is 5.41 Å². The molecule has 1 aliphatic heterocycles. The maximum atomic E-state index is 14.7. The van der Waals surface area contributed by atoms with Gasteiger partial charge in [-0.05, 0) is 22.1 Å². The zero-order chi connectivity index (χ0) is 22.8. The summed E-state index contributed by atoms with van der Waals surface area (Å²) < 4.78 is 6.27. The summed E-state index contributed by atoms with van der Waals surface area (Å²) in [4.78, 5) is 16.7. The third-order valence-electron chi connectivity index (χ3n) is 6.45. The Bertz CT molecular complexity index is 935. The third kappa shape index (κ3) is 4.12. The van der Waals surface area contributed by atoms with Crippen LogP contribution in [0.4, 0.5) is 0 Å². The molecule has 0 N–H and O–H groups in total. The van der Waals surface area contributed by atoms with E-state index in [9.17, 15) is 4.79 Å². The van der Waals surface area contributed by atoms with Crippen molar-refractivity contribution in [1.29, 1.82) is 0 Å². The zero-order valence-electron chi connectivity index (χ0n) is 19.5. The van der Waals surface area contributed by atoms with Crippen molar-refractivity contribution in [3.8, 4) is 0 Å². The second-order valence-electron chi connectivity index (χ2n) is 9.86. The van der Waals surface area contributed by atoms with E-state index in [2.05, 4.69) is 65.0 Å². The van der Waals surface area contributed by atoms with E-state index >= 15 is 0 Å². The number of carbonyl (C=O) groups is 1. The number of morpholine rings is 1. The number of carbonyl (C=O) groups excluding carboxylic acids is 1. The van der Waals surface area contributed by atoms with Gasteiger partial charge < -0.3 is 9.64 Å². The lowest BCUT2D eigenvalue weighted by Gasteiger charge is -2.46. The van der Waals surface area contributed by atoms with Gasteiger partial charge in [-0.3, -0.25) is 4.79 Å². The van der Waals surface area contributed by atoms with E-state index in [-0.39, 0.29) is 23.4 Å². The molecule has 164 valence electrons. The number of hydrogen-bond donors (Lipinski definition) is 0. The fraction of sp³-hybridized carbons (Fsp3) is 0.321. The number of ether oxygens (including phenoxy) is 1. The first-order valence-electron chi connectivity index (χ1n) is 11.4. The Labute approximate surface area is 192 Å². The van der Waals surface area contributed by atoms with Crippen molar-refractivity contribution in [2.75, 3.05) is 13.1 Å². The van der Waals surface area contributed by atoms with E-state index in [0.717, 1.165) is 16.7 Å². The topological polar surface area (TPSA) is 29.5 Å². The molecule has 0 saturated carbocycles. The van der Waals surface area contributed by atoms with E-state index < -0.39 is 5.41 Å². The normalized spacial score (nSPS) is 19.5. The van der Waals surface area contributed by atoms with Crippen LogP contribution in [-0.2, 0) is 14.9 Å². The Morgan fingerprint density at radius 1 is 0.781 bits per heavy atom. The van der Waals surface area contributed by atoms with Crippen LogP contribution >= 0.6 is 0 Å². The maximum Gasteiger partial charge on any atom is 0.242 e. The van der Waals surface area contributed by atoms with Gasteiger partial charge in [0.25, 0.3) is 0 Å². The molecule has 3 aromatic carbocycles. The first-order chi connectivity index (χ1) is 15.3. The molecule has 32 heavy (non-hydrogen) atoms. The monoisotopic (exact) mass is 425 g/mol. The highest BCUT2D eigenvalue weighted by atomic mass is 16.5. The molecule has 1 amide bonds. The fourth-order valence-corrected chi connectivity index (χ4v) is 4.77. The molecule has 2 unspecified atom stereocenters. The van der Waals surface area contributed by atoms with Gasteiger partial charge in [0.15, 0.2) is 0 Å². The van der Waals surface area contributed by atoms with Gasteiger partial charge >= 0.3 is 0 Å². The molecule has 1 aliphatic rings. The van der Waals surface area contributed by atoms with Crippen LogP contribution in [-0.4, -0.2) is 43.9 Å². The minimum absolute atomic E-state index is 0.0167. The highest BCUT2D eigenvalue weighted by Crippen LogP contribution is 2.42. The van der Waals surface area contributed by atoms with Crippen molar-refractivity contribution in [3.05, 3.63) is 108 Å². The van der Waals surface area contributed by atoms with Crippen LogP contribution in [0.5, 0.6) is 0 Å². The van der Waals surface area contributed by atoms with E-state index in [1.807, 2.05) is 59.5 Å². The molecule has 4 heteroatoms. The number of benzene rings is 3. The Morgan fingerprint density at radius 3 is 1.56 bits per heavy atom. The van der Waals surface area contributed by atoms with E-state index in [4.69, 9.17) is 4.74 Å². The largest absolute Gasteiger partial charge is 0.380 e. The molecule has 1 fully saturated rings. The summed E-state index contributed by atoms with van der Waals surface area (Å²) in [7, 11) is 2.06. The number of nitrogens with zero attached hydrogens (tertiary/aromatic N) is 1. The van der Waals surface area contributed by atoms with Crippen molar-refractivity contribution >= 4 is 13.8 Å². The van der Waals surface area contributed by atoms with Crippen molar-refractivity contribution in [2.45, 2.75) is 38.3 Å². The lowest BCUT2D eigenvalue weighted by Crippen LogP contribution is -2.58. The second kappa shape index (κ2) is 8.95. The molecular weight excluding hydrogens is 393 g/mol. The molecule has 1 heterocycles. The predicted molar refractivity (Wildman–Crippen MR) is 132 cm³/mol. The standard InChI is InChI=1S/C28H32BNO2/c1-27(2,3)24-19-30(20-25(29)32-24)26(31)28(21-13-7-4-8-14-21,22-15-9-5-10-16-22)23-17-11-6-12-18-23/h4-18,24-25H,19-20,29H2,1-3H3. The Hall–Kier alpha value is -2.85. The van der Waals surface area contributed by atoms with Gasteiger partial charge in [0.2, 0.25) is 5.91 Å². The molecule has 0 spiro atoms. The summed E-state index contributed by atoms with van der Waals surface area (Å²) in [5.41, 5.74) is 1.96. The summed E-state index contributed by atoms with van der Waals surface area (Å²) in [5, 5.41) is 0. The van der Waals surface area contributed by atoms with Crippen molar-refractivity contribution in [3.63, 3.8) is 0 Å². The highest BCUT2D eigenvalue weighted by Gasteiger charge is 2.48. The van der Waals surface area contributed by atoms with Crippen molar-refractivity contribution in [2.24, 2.45) is 5.41 Å².